The zero-order valence-corrected chi connectivity index (χ0v) is 13.5. The Morgan fingerprint density at radius 3 is 2.85 bits per heavy atom. The highest BCUT2D eigenvalue weighted by atomic mass is 79.9. The van der Waals surface area contributed by atoms with E-state index in [2.05, 4.69) is 44.3 Å². The van der Waals surface area contributed by atoms with E-state index in [-0.39, 0.29) is 6.61 Å². The summed E-state index contributed by atoms with van der Waals surface area (Å²) in [6, 6.07) is 7.05. The number of hydrogen-bond donors (Lipinski definition) is 2. The molecule has 5 heteroatoms. The van der Waals surface area contributed by atoms with Crippen LogP contribution in [0, 0.1) is 0 Å². The van der Waals surface area contributed by atoms with Crippen LogP contribution in [0.15, 0.2) is 22.7 Å². The lowest BCUT2D eigenvalue weighted by atomic mass is 10.2. The largest absolute Gasteiger partial charge is 0.395 e. The van der Waals surface area contributed by atoms with Gasteiger partial charge < -0.3 is 20.1 Å². The van der Waals surface area contributed by atoms with Gasteiger partial charge in [0.1, 0.15) is 0 Å². The summed E-state index contributed by atoms with van der Waals surface area (Å²) in [5.41, 5.74) is 2.43. The third-order valence-corrected chi connectivity index (χ3v) is 4.10. The van der Waals surface area contributed by atoms with Crippen LogP contribution < -0.4 is 10.2 Å². The molecule has 0 unspecified atom stereocenters. The molecule has 0 atom stereocenters. The van der Waals surface area contributed by atoms with E-state index in [1.165, 1.54) is 24.1 Å². The van der Waals surface area contributed by atoms with E-state index in [0.29, 0.717) is 12.6 Å². The van der Waals surface area contributed by atoms with Crippen LogP contribution in [0.2, 0.25) is 0 Å². The molecule has 0 spiro atoms. The van der Waals surface area contributed by atoms with Gasteiger partial charge in [-0.15, -0.1) is 0 Å². The number of nitrogens with one attached hydrogen (secondary N) is 1. The molecular weight excluding hydrogens is 320 g/mol. The Morgan fingerprint density at radius 2 is 2.25 bits per heavy atom. The zero-order valence-electron chi connectivity index (χ0n) is 11.9. The van der Waals surface area contributed by atoms with Gasteiger partial charge in [0.05, 0.1) is 18.9 Å². The molecule has 0 radical (unpaired) electrons. The molecule has 0 aromatic heterocycles. The second-order valence-corrected chi connectivity index (χ2v) is 5.96. The normalized spacial score (nSPS) is 14.6. The minimum Gasteiger partial charge on any atom is -0.395 e. The molecule has 1 aromatic rings. The first-order chi connectivity index (χ1) is 9.76. The van der Waals surface area contributed by atoms with Crippen molar-refractivity contribution in [3.05, 3.63) is 28.2 Å². The number of anilines is 1. The number of nitrogens with zero attached hydrogens (tertiary/aromatic N) is 1. The van der Waals surface area contributed by atoms with Crippen molar-refractivity contribution >= 4 is 21.6 Å². The van der Waals surface area contributed by atoms with Gasteiger partial charge in [0.15, 0.2) is 0 Å². The monoisotopic (exact) mass is 342 g/mol. The predicted octanol–water partition coefficient (Wildman–Crippen LogP) is 2.15. The molecule has 2 N–H and O–H groups in total. The molecule has 1 fully saturated rings. The second kappa shape index (κ2) is 7.98. The van der Waals surface area contributed by atoms with Crippen molar-refractivity contribution in [1.29, 1.82) is 0 Å². The molecule has 1 saturated carbocycles. The van der Waals surface area contributed by atoms with Crippen molar-refractivity contribution in [3.8, 4) is 0 Å². The summed E-state index contributed by atoms with van der Waals surface area (Å²) in [6.07, 6.45) is 2.46. The fraction of sp³-hybridized carbons (Fsp3) is 0.600. The Balaban J connectivity index is 1.97. The SMILES string of the molecule is COCCNCc1ccc(N(CCO)C2CC2)c(Br)c1. The van der Waals surface area contributed by atoms with Crippen LogP contribution in [0.1, 0.15) is 18.4 Å². The highest BCUT2D eigenvalue weighted by molar-refractivity contribution is 9.10. The second-order valence-electron chi connectivity index (χ2n) is 5.10. The quantitative estimate of drug-likeness (QED) is 0.675. The predicted molar refractivity (Wildman–Crippen MR) is 85.2 cm³/mol. The summed E-state index contributed by atoms with van der Waals surface area (Å²) < 4.78 is 6.11. The smallest absolute Gasteiger partial charge is 0.0606 e. The molecule has 1 aliphatic rings. The summed E-state index contributed by atoms with van der Waals surface area (Å²) in [5.74, 6) is 0. The van der Waals surface area contributed by atoms with Gasteiger partial charge in [-0.25, -0.2) is 0 Å². The van der Waals surface area contributed by atoms with E-state index in [1.807, 2.05) is 0 Å². The first-order valence-corrected chi connectivity index (χ1v) is 7.91. The molecule has 20 heavy (non-hydrogen) atoms. The van der Waals surface area contributed by atoms with Gasteiger partial charge in [-0.05, 0) is 46.5 Å². The van der Waals surface area contributed by atoms with Crippen molar-refractivity contribution in [2.45, 2.75) is 25.4 Å². The third kappa shape index (κ3) is 4.45. The minimum absolute atomic E-state index is 0.198. The van der Waals surface area contributed by atoms with Crippen molar-refractivity contribution in [3.63, 3.8) is 0 Å². The fourth-order valence-corrected chi connectivity index (χ4v) is 2.95. The molecule has 0 aliphatic heterocycles. The van der Waals surface area contributed by atoms with E-state index in [0.717, 1.165) is 24.2 Å². The summed E-state index contributed by atoms with van der Waals surface area (Å²) in [4.78, 5) is 2.30. The minimum atomic E-state index is 0.198. The fourth-order valence-electron chi connectivity index (χ4n) is 2.29. The molecule has 4 nitrogen and oxygen atoms in total. The lowest BCUT2D eigenvalue weighted by Crippen LogP contribution is -2.29. The Morgan fingerprint density at radius 1 is 1.45 bits per heavy atom. The van der Waals surface area contributed by atoms with Crippen LogP contribution in [0.5, 0.6) is 0 Å². The zero-order chi connectivity index (χ0) is 14.4. The molecule has 1 aliphatic carbocycles. The van der Waals surface area contributed by atoms with E-state index in [4.69, 9.17) is 4.74 Å². The van der Waals surface area contributed by atoms with Crippen LogP contribution in [0.4, 0.5) is 5.69 Å². The number of aliphatic hydroxyl groups is 1. The van der Waals surface area contributed by atoms with Crippen LogP contribution in [-0.2, 0) is 11.3 Å². The Hall–Kier alpha value is -0.620. The van der Waals surface area contributed by atoms with Crippen molar-refractivity contribution in [1.82, 2.24) is 5.32 Å². The maximum atomic E-state index is 9.21. The lowest BCUT2D eigenvalue weighted by Gasteiger charge is -2.25. The molecule has 0 saturated heterocycles. The number of hydrogen-bond acceptors (Lipinski definition) is 4. The first-order valence-electron chi connectivity index (χ1n) is 7.12. The molecule has 0 heterocycles. The van der Waals surface area contributed by atoms with Crippen LogP contribution in [0.25, 0.3) is 0 Å². The Labute approximate surface area is 129 Å². The first kappa shape index (κ1) is 15.8. The summed E-state index contributed by atoms with van der Waals surface area (Å²) in [5, 5.41) is 12.5. The summed E-state index contributed by atoms with van der Waals surface area (Å²) in [6.45, 7) is 3.32. The van der Waals surface area contributed by atoms with Crippen molar-refractivity contribution in [2.75, 3.05) is 38.3 Å². The molecule has 1 aromatic carbocycles. The number of ether oxygens (including phenoxy) is 1. The van der Waals surface area contributed by atoms with Gasteiger partial charge in [0, 0.05) is 37.3 Å². The Kier molecular flexibility index (Phi) is 6.29. The average molecular weight is 343 g/mol. The topological polar surface area (TPSA) is 44.7 Å². The third-order valence-electron chi connectivity index (χ3n) is 3.46. The Bertz CT molecular complexity index is 424. The van der Waals surface area contributed by atoms with Crippen LogP contribution in [0.3, 0.4) is 0 Å². The number of benzene rings is 1. The number of rotatable bonds is 9. The molecule has 2 rings (SSSR count). The molecule has 0 bridgehead atoms. The van der Waals surface area contributed by atoms with E-state index >= 15 is 0 Å². The molecule has 0 amide bonds. The van der Waals surface area contributed by atoms with Crippen molar-refractivity contribution in [2.24, 2.45) is 0 Å². The maximum absolute atomic E-state index is 9.21. The van der Waals surface area contributed by atoms with Gasteiger partial charge in [-0.2, -0.15) is 0 Å². The number of aliphatic hydroxyl groups excluding tert-OH is 1. The number of methoxy groups -OCH3 is 1. The van der Waals surface area contributed by atoms with Crippen LogP contribution >= 0.6 is 15.9 Å². The molecule has 112 valence electrons. The maximum Gasteiger partial charge on any atom is 0.0606 e. The van der Waals surface area contributed by atoms with E-state index in [1.54, 1.807) is 7.11 Å². The summed E-state index contributed by atoms with van der Waals surface area (Å²) >= 11 is 3.66. The summed E-state index contributed by atoms with van der Waals surface area (Å²) in [7, 11) is 1.71. The van der Waals surface area contributed by atoms with Crippen LogP contribution in [-0.4, -0.2) is 44.6 Å². The average Bonchev–Trinajstić information content (AvgIpc) is 3.26. The van der Waals surface area contributed by atoms with Gasteiger partial charge in [0.2, 0.25) is 0 Å². The van der Waals surface area contributed by atoms with Gasteiger partial charge in [-0.3, -0.25) is 0 Å². The van der Waals surface area contributed by atoms with Gasteiger partial charge in [0.25, 0.3) is 0 Å². The lowest BCUT2D eigenvalue weighted by molar-refractivity contribution is 0.199. The van der Waals surface area contributed by atoms with Gasteiger partial charge >= 0.3 is 0 Å². The number of halogens is 1. The van der Waals surface area contributed by atoms with E-state index < -0.39 is 0 Å². The van der Waals surface area contributed by atoms with Gasteiger partial charge in [-0.1, -0.05) is 6.07 Å². The van der Waals surface area contributed by atoms with E-state index in [9.17, 15) is 5.11 Å². The standard InChI is InChI=1S/C15H23BrN2O2/c1-20-9-6-17-11-12-2-5-15(14(16)10-12)18(7-8-19)13-3-4-13/h2,5,10,13,17,19H,3-4,6-9,11H2,1H3. The highest BCUT2D eigenvalue weighted by Gasteiger charge is 2.29. The van der Waals surface area contributed by atoms with Crippen molar-refractivity contribution < 1.29 is 9.84 Å². The highest BCUT2D eigenvalue weighted by Crippen LogP contribution is 2.35. The molecular formula is C15H23BrN2O2.